The third kappa shape index (κ3) is 2.86. The molecule has 0 radical (unpaired) electrons. The Labute approximate surface area is 94.0 Å². The molecule has 1 aromatic heterocycles. The molecule has 0 fully saturated rings. The zero-order valence-electron chi connectivity index (χ0n) is 8.90. The van der Waals surface area contributed by atoms with Crippen LogP contribution in [-0.2, 0) is 4.74 Å². The molecule has 0 amide bonds. The largest absolute Gasteiger partial charge is 0.485 e. The minimum Gasteiger partial charge on any atom is -0.485 e. The number of hydrogen-bond donors (Lipinski definition) is 0. The van der Waals surface area contributed by atoms with Crippen LogP contribution >= 0.6 is 11.3 Å². The SMILES string of the molecule is CCCCOCC1COc2cscc2O1. The summed E-state index contributed by atoms with van der Waals surface area (Å²) >= 11 is 1.60. The predicted molar refractivity (Wildman–Crippen MR) is 60.0 cm³/mol. The molecule has 1 atom stereocenters. The summed E-state index contributed by atoms with van der Waals surface area (Å²) in [7, 11) is 0. The van der Waals surface area contributed by atoms with Gasteiger partial charge in [0.15, 0.2) is 17.6 Å². The standard InChI is InChI=1S/C11H16O3S/c1-2-3-4-12-5-9-6-13-10-7-15-8-11(10)14-9/h7-9H,2-6H2,1H3. The zero-order valence-corrected chi connectivity index (χ0v) is 9.72. The molecule has 0 aromatic carbocycles. The van der Waals surface area contributed by atoms with E-state index in [1.807, 2.05) is 10.8 Å². The van der Waals surface area contributed by atoms with Crippen molar-refractivity contribution in [2.75, 3.05) is 19.8 Å². The van der Waals surface area contributed by atoms with Gasteiger partial charge in [0.1, 0.15) is 6.61 Å². The Hall–Kier alpha value is -0.740. The number of rotatable bonds is 5. The summed E-state index contributed by atoms with van der Waals surface area (Å²) in [5.41, 5.74) is 0. The molecule has 3 nitrogen and oxygen atoms in total. The van der Waals surface area contributed by atoms with E-state index >= 15 is 0 Å². The first-order valence-corrected chi connectivity index (χ1v) is 6.28. The summed E-state index contributed by atoms with van der Waals surface area (Å²) in [6, 6.07) is 0. The highest BCUT2D eigenvalue weighted by Gasteiger charge is 2.21. The molecule has 4 heteroatoms. The van der Waals surface area contributed by atoms with Gasteiger partial charge in [0.05, 0.1) is 6.61 Å². The fraction of sp³-hybridized carbons (Fsp3) is 0.636. The molecule has 0 saturated heterocycles. The smallest absolute Gasteiger partial charge is 0.172 e. The molecule has 0 aliphatic carbocycles. The summed E-state index contributed by atoms with van der Waals surface area (Å²) in [4.78, 5) is 0. The Morgan fingerprint density at radius 2 is 2.33 bits per heavy atom. The van der Waals surface area contributed by atoms with Gasteiger partial charge in [0.2, 0.25) is 0 Å². The summed E-state index contributed by atoms with van der Waals surface area (Å²) in [6.07, 6.45) is 2.32. The molecule has 1 aliphatic rings. The van der Waals surface area contributed by atoms with Crippen molar-refractivity contribution in [2.24, 2.45) is 0 Å². The maximum atomic E-state index is 5.71. The highest BCUT2D eigenvalue weighted by molar-refractivity contribution is 7.08. The molecule has 0 spiro atoms. The second-order valence-corrected chi connectivity index (χ2v) is 4.32. The fourth-order valence-corrected chi connectivity index (χ4v) is 2.08. The van der Waals surface area contributed by atoms with Crippen LogP contribution in [0.5, 0.6) is 11.5 Å². The Kier molecular flexibility index (Phi) is 3.86. The molecule has 1 aliphatic heterocycles. The van der Waals surface area contributed by atoms with Crippen molar-refractivity contribution in [3.05, 3.63) is 10.8 Å². The summed E-state index contributed by atoms with van der Waals surface area (Å²) in [6.45, 7) is 4.18. The second-order valence-electron chi connectivity index (χ2n) is 3.58. The van der Waals surface area contributed by atoms with Crippen LogP contribution in [0, 0.1) is 0 Å². The lowest BCUT2D eigenvalue weighted by atomic mass is 10.3. The van der Waals surface area contributed by atoms with E-state index in [1.54, 1.807) is 11.3 Å². The van der Waals surface area contributed by atoms with E-state index in [-0.39, 0.29) is 6.10 Å². The van der Waals surface area contributed by atoms with Crippen molar-refractivity contribution in [1.29, 1.82) is 0 Å². The lowest BCUT2D eigenvalue weighted by molar-refractivity contribution is 0.00874. The lowest BCUT2D eigenvalue weighted by Crippen LogP contribution is -2.33. The number of hydrogen-bond acceptors (Lipinski definition) is 4. The van der Waals surface area contributed by atoms with Crippen LogP contribution in [0.2, 0.25) is 0 Å². The van der Waals surface area contributed by atoms with Crippen LogP contribution in [0.1, 0.15) is 19.8 Å². The lowest BCUT2D eigenvalue weighted by Gasteiger charge is -2.24. The minimum atomic E-state index is 0.0453. The molecular formula is C11H16O3S. The van der Waals surface area contributed by atoms with E-state index in [9.17, 15) is 0 Å². The summed E-state index contributed by atoms with van der Waals surface area (Å²) < 4.78 is 16.8. The number of ether oxygens (including phenoxy) is 3. The molecule has 0 saturated carbocycles. The van der Waals surface area contributed by atoms with Gasteiger partial charge < -0.3 is 14.2 Å². The molecule has 84 valence electrons. The highest BCUT2D eigenvalue weighted by atomic mass is 32.1. The normalized spacial score (nSPS) is 19.1. The van der Waals surface area contributed by atoms with Crippen LogP contribution < -0.4 is 9.47 Å². The van der Waals surface area contributed by atoms with E-state index in [1.165, 1.54) is 0 Å². The van der Waals surface area contributed by atoms with Gasteiger partial charge in [-0.2, -0.15) is 0 Å². The van der Waals surface area contributed by atoms with Crippen LogP contribution in [-0.4, -0.2) is 25.9 Å². The van der Waals surface area contributed by atoms with E-state index in [4.69, 9.17) is 14.2 Å². The minimum absolute atomic E-state index is 0.0453. The molecule has 15 heavy (non-hydrogen) atoms. The first-order valence-electron chi connectivity index (χ1n) is 5.33. The number of fused-ring (bicyclic) bond motifs is 1. The van der Waals surface area contributed by atoms with Gasteiger partial charge in [-0.1, -0.05) is 13.3 Å². The van der Waals surface area contributed by atoms with Crippen molar-refractivity contribution in [3.63, 3.8) is 0 Å². The third-order valence-corrected chi connectivity index (χ3v) is 2.96. The van der Waals surface area contributed by atoms with E-state index in [0.29, 0.717) is 13.2 Å². The highest BCUT2D eigenvalue weighted by Crippen LogP contribution is 2.35. The van der Waals surface area contributed by atoms with Crippen molar-refractivity contribution in [1.82, 2.24) is 0 Å². The first-order chi connectivity index (χ1) is 7.40. The van der Waals surface area contributed by atoms with Crippen molar-refractivity contribution >= 4 is 11.3 Å². The van der Waals surface area contributed by atoms with Gasteiger partial charge >= 0.3 is 0 Å². The van der Waals surface area contributed by atoms with Gasteiger partial charge in [0, 0.05) is 17.4 Å². The molecular weight excluding hydrogens is 212 g/mol. The van der Waals surface area contributed by atoms with Crippen molar-refractivity contribution in [2.45, 2.75) is 25.9 Å². The van der Waals surface area contributed by atoms with E-state index in [2.05, 4.69) is 6.92 Å². The first kappa shape index (κ1) is 10.8. The van der Waals surface area contributed by atoms with Gasteiger partial charge in [-0.3, -0.25) is 0 Å². The molecule has 1 aromatic rings. The van der Waals surface area contributed by atoms with Crippen LogP contribution in [0.15, 0.2) is 10.8 Å². The average Bonchev–Trinajstić information content (AvgIpc) is 2.71. The molecule has 0 bridgehead atoms. The summed E-state index contributed by atoms with van der Waals surface area (Å²) in [5.74, 6) is 1.72. The monoisotopic (exact) mass is 228 g/mol. The van der Waals surface area contributed by atoms with Crippen LogP contribution in [0.25, 0.3) is 0 Å². The fourth-order valence-electron chi connectivity index (χ4n) is 1.40. The van der Waals surface area contributed by atoms with Crippen molar-refractivity contribution < 1.29 is 14.2 Å². The maximum absolute atomic E-state index is 5.71. The van der Waals surface area contributed by atoms with E-state index in [0.717, 1.165) is 30.9 Å². The van der Waals surface area contributed by atoms with Gasteiger partial charge in [-0.15, -0.1) is 11.3 Å². The van der Waals surface area contributed by atoms with Crippen LogP contribution in [0.3, 0.4) is 0 Å². The zero-order chi connectivity index (χ0) is 10.5. The quantitative estimate of drug-likeness (QED) is 0.725. The Balaban J connectivity index is 1.73. The Bertz CT molecular complexity index is 298. The maximum Gasteiger partial charge on any atom is 0.172 e. The van der Waals surface area contributed by atoms with Gasteiger partial charge in [0.25, 0.3) is 0 Å². The Morgan fingerprint density at radius 3 is 3.20 bits per heavy atom. The third-order valence-electron chi connectivity index (χ3n) is 2.26. The van der Waals surface area contributed by atoms with Crippen LogP contribution in [0.4, 0.5) is 0 Å². The molecule has 1 unspecified atom stereocenters. The predicted octanol–water partition coefficient (Wildman–Crippen LogP) is 2.70. The van der Waals surface area contributed by atoms with Gasteiger partial charge in [-0.05, 0) is 6.42 Å². The average molecular weight is 228 g/mol. The second kappa shape index (κ2) is 5.37. The number of thiophene rings is 1. The Morgan fingerprint density at radius 1 is 1.47 bits per heavy atom. The molecule has 2 rings (SSSR count). The van der Waals surface area contributed by atoms with Gasteiger partial charge in [-0.25, -0.2) is 0 Å². The van der Waals surface area contributed by atoms with E-state index < -0.39 is 0 Å². The summed E-state index contributed by atoms with van der Waals surface area (Å²) in [5, 5.41) is 3.93. The van der Waals surface area contributed by atoms with Crippen molar-refractivity contribution in [3.8, 4) is 11.5 Å². The molecule has 2 heterocycles. The number of unbranched alkanes of at least 4 members (excludes halogenated alkanes) is 1. The molecule has 0 N–H and O–H groups in total. The topological polar surface area (TPSA) is 27.7 Å².